The summed E-state index contributed by atoms with van der Waals surface area (Å²) in [4.78, 5) is 16.2. The maximum Gasteiger partial charge on any atom is 0.220 e. The van der Waals surface area contributed by atoms with E-state index in [1.54, 1.807) is 0 Å². The zero-order chi connectivity index (χ0) is 14.4. The Morgan fingerprint density at radius 2 is 2.15 bits per heavy atom. The molecule has 0 aliphatic carbocycles. The molecule has 2 aromatic rings. The van der Waals surface area contributed by atoms with E-state index in [4.69, 9.17) is 5.11 Å². The van der Waals surface area contributed by atoms with Crippen molar-refractivity contribution in [2.24, 2.45) is 0 Å². The molecule has 1 aromatic heterocycles. The molecule has 2 N–H and O–H groups in total. The van der Waals surface area contributed by atoms with E-state index in [9.17, 15) is 4.79 Å². The van der Waals surface area contributed by atoms with Crippen molar-refractivity contribution in [3.63, 3.8) is 0 Å². The average molecular weight is 272 g/mol. The zero-order valence-corrected chi connectivity index (χ0v) is 11.7. The number of amides is 1. The summed E-state index contributed by atoms with van der Waals surface area (Å²) in [5.41, 5.74) is 3.09. The van der Waals surface area contributed by atoms with Crippen LogP contribution in [-0.4, -0.2) is 29.1 Å². The molecule has 4 nitrogen and oxygen atoms in total. The summed E-state index contributed by atoms with van der Waals surface area (Å²) < 4.78 is 0. The number of carbonyl (C=O) groups excluding carboxylic acids is 1. The Kier molecular flexibility index (Phi) is 5.07. The lowest BCUT2D eigenvalue weighted by molar-refractivity contribution is -0.121. The van der Waals surface area contributed by atoms with Crippen LogP contribution >= 0.6 is 0 Å². The number of rotatable bonds is 6. The summed E-state index contributed by atoms with van der Waals surface area (Å²) in [6.07, 6.45) is 1.66. The van der Waals surface area contributed by atoms with Gasteiger partial charge in [0.05, 0.1) is 5.52 Å². The number of benzene rings is 1. The number of hydrogen-bond acceptors (Lipinski definition) is 3. The van der Waals surface area contributed by atoms with Crippen LogP contribution in [0.1, 0.15) is 24.1 Å². The van der Waals surface area contributed by atoms with Gasteiger partial charge >= 0.3 is 0 Å². The largest absolute Gasteiger partial charge is 0.396 e. The highest BCUT2D eigenvalue weighted by Crippen LogP contribution is 2.16. The first kappa shape index (κ1) is 14.5. The molecular formula is C16H20N2O2. The minimum Gasteiger partial charge on any atom is -0.396 e. The number of aryl methyl sites for hydroxylation is 2. The number of fused-ring (bicyclic) bond motifs is 1. The van der Waals surface area contributed by atoms with Gasteiger partial charge in [0.1, 0.15) is 0 Å². The highest BCUT2D eigenvalue weighted by Gasteiger charge is 2.04. The molecule has 0 unspecified atom stereocenters. The van der Waals surface area contributed by atoms with Crippen LogP contribution in [0.2, 0.25) is 0 Å². The van der Waals surface area contributed by atoms with Crippen molar-refractivity contribution in [3.8, 4) is 0 Å². The molecule has 2 rings (SSSR count). The second kappa shape index (κ2) is 7.01. The molecule has 0 saturated carbocycles. The molecule has 0 saturated heterocycles. The maximum atomic E-state index is 11.6. The molecule has 20 heavy (non-hydrogen) atoms. The minimum absolute atomic E-state index is 0.00475. The normalized spacial score (nSPS) is 10.7. The first-order valence-corrected chi connectivity index (χ1v) is 6.93. The fraction of sp³-hybridized carbons (Fsp3) is 0.375. The number of hydrogen-bond donors (Lipinski definition) is 2. The lowest BCUT2D eigenvalue weighted by Crippen LogP contribution is -2.25. The average Bonchev–Trinajstić information content (AvgIpc) is 2.46. The van der Waals surface area contributed by atoms with Crippen molar-refractivity contribution in [2.45, 2.75) is 26.2 Å². The van der Waals surface area contributed by atoms with Crippen molar-refractivity contribution in [2.75, 3.05) is 13.2 Å². The molecule has 0 spiro atoms. The molecule has 1 aromatic carbocycles. The molecule has 1 heterocycles. The van der Waals surface area contributed by atoms with Crippen LogP contribution in [0.15, 0.2) is 30.3 Å². The molecule has 0 aliphatic rings. The molecule has 0 aliphatic heterocycles. The van der Waals surface area contributed by atoms with Crippen LogP contribution in [0.4, 0.5) is 0 Å². The van der Waals surface area contributed by atoms with Gasteiger partial charge in [-0.05, 0) is 31.4 Å². The Labute approximate surface area is 118 Å². The van der Waals surface area contributed by atoms with Gasteiger partial charge in [0.15, 0.2) is 0 Å². The monoisotopic (exact) mass is 272 g/mol. The van der Waals surface area contributed by atoms with Gasteiger partial charge in [-0.15, -0.1) is 0 Å². The van der Waals surface area contributed by atoms with Gasteiger partial charge in [0, 0.05) is 30.7 Å². The van der Waals surface area contributed by atoms with E-state index in [0.717, 1.165) is 22.2 Å². The fourth-order valence-electron chi connectivity index (χ4n) is 2.11. The van der Waals surface area contributed by atoms with Crippen molar-refractivity contribution >= 4 is 16.8 Å². The molecule has 0 fully saturated rings. The van der Waals surface area contributed by atoms with E-state index >= 15 is 0 Å². The van der Waals surface area contributed by atoms with Crippen LogP contribution in [0.5, 0.6) is 0 Å². The van der Waals surface area contributed by atoms with Gasteiger partial charge < -0.3 is 10.4 Å². The summed E-state index contributed by atoms with van der Waals surface area (Å²) >= 11 is 0. The molecule has 1 amide bonds. The summed E-state index contributed by atoms with van der Waals surface area (Å²) in [7, 11) is 0. The predicted molar refractivity (Wildman–Crippen MR) is 79.5 cm³/mol. The smallest absolute Gasteiger partial charge is 0.220 e. The molecule has 106 valence electrons. The first-order chi connectivity index (χ1) is 9.70. The molecule has 0 atom stereocenters. The second-order valence-corrected chi connectivity index (χ2v) is 4.88. The Morgan fingerprint density at radius 3 is 2.95 bits per heavy atom. The lowest BCUT2D eigenvalue weighted by atomic mass is 10.1. The lowest BCUT2D eigenvalue weighted by Gasteiger charge is -2.06. The summed E-state index contributed by atoms with van der Waals surface area (Å²) in [6.45, 7) is 2.67. The van der Waals surface area contributed by atoms with Gasteiger partial charge in [-0.1, -0.05) is 24.3 Å². The fourth-order valence-corrected chi connectivity index (χ4v) is 2.11. The quantitative estimate of drug-likeness (QED) is 0.790. The number of nitrogens with zero attached hydrogens (tertiary/aromatic N) is 1. The van der Waals surface area contributed by atoms with Crippen molar-refractivity contribution < 1.29 is 9.90 Å². The summed E-state index contributed by atoms with van der Waals surface area (Å²) in [5, 5.41) is 12.6. The molecule has 0 bridgehead atoms. The van der Waals surface area contributed by atoms with Crippen LogP contribution in [0.25, 0.3) is 10.9 Å². The molecule has 4 heteroatoms. The minimum atomic E-state index is 0.00475. The third kappa shape index (κ3) is 3.78. The van der Waals surface area contributed by atoms with Gasteiger partial charge in [0.25, 0.3) is 0 Å². The van der Waals surface area contributed by atoms with Crippen LogP contribution in [0, 0.1) is 6.92 Å². The molecular weight excluding hydrogens is 252 g/mol. The van der Waals surface area contributed by atoms with E-state index < -0.39 is 0 Å². The summed E-state index contributed by atoms with van der Waals surface area (Å²) in [5.74, 6) is 0.00475. The van der Waals surface area contributed by atoms with E-state index in [-0.39, 0.29) is 12.5 Å². The second-order valence-electron chi connectivity index (χ2n) is 4.88. The Morgan fingerprint density at radius 1 is 1.30 bits per heavy atom. The Bertz CT molecular complexity index is 596. The van der Waals surface area contributed by atoms with Gasteiger partial charge in [-0.25, -0.2) is 0 Å². The number of para-hydroxylation sites is 1. The SMILES string of the molecule is Cc1cccc2ccc(CCC(=O)NCCCO)nc12. The topological polar surface area (TPSA) is 62.2 Å². The van der Waals surface area contributed by atoms with Crippen molar-refractivity contribution in [1.29, 1.82) is 0 Å². The van der Waals surface area contributed by atoms with E-state index in [1.807, 2.05) is 37.3 Å². The van der Waals surface area contributed by atoms with E-state index in [0.29, 0.717) is 25.8 Å². The van der Waals surface area contributed by atoms with Crippen LogP contribution in [0.3, 0.4) is 0 Å². The summed E-state index contributed by atoms with van der Waals surface area (Å²) in [6, 6.07) is 10.1. The number of pyridine rings is 1. The number of aliphatic hydroxyl groups excluding tert-OH is 1. The van der Waals surface area contributed by atoms with Crippen LogP contribution in [-0.2, 0) is 11.2 Å². The first-order valence-electron chi connectivity index (χ1n) is 6.93. The highest BCUT2D eigenvalue weighted by atomic mass is 16.3. The number of aliphatic hydroxyl groups is 1. The van der Waals surface area contributed by atoms with E-state index in [2.05, 4.69) is 10.3 Å². The maximum absolute atomic E-state index is 11.6. The van der Waals surface area contributed by atoms with Gasteiger partial charge in [-0.2, -0.15) is 0 Å². The van der Waals surface area contributed by atoms with Gasteiger partial charge in [-0.3, -0.25) is 9.78 Å². The van der Waals surface area contributed by atoms with Crippen LogP contribution < -0.4 is 5.32 Å². The Hall–Kier alpha value is -1.94. The number of carbonyl (C=O) groups is 1. The highest BCUT2D eigenvalue weighted by molar-refractivity contribution is 5.82. The third-order valence-electron chi connectivity index (χ3n) is 3.24. The molecule has 0 radical (unpaired) electrons. The van der Waals surface area contributed by atoms with E-state index in [1.165, 1.54) is 0 Å². The van der Waals surface area contributed by atoms with Gasteiger partial charge in [0.2, 0.25) is 5.91 Å². The third-order valence-corrected chi connectivity index (χ3v) is 3.24. The van der Waals surface area contributed by atoms with Crippen molar-refractivity contribution in [1.82, 2.24) is 10.3 Å². The standard InChI is InChI=1S/C16H20N2O2/c1-12-4-2-5-13-6-7-14(18-16(12)13)8-9-15(20)17-10-3-11-19/h2,4-7,19H,3,8-11H2,1H3,(H,17,20). The predicted octanol–water partition coefficient (Wildman–Crippen LogP) is 1.97. The number of nitrogens with one attached hydrogen (secondary N) is 1. The van der Waals surface area contributed by atoms with Crippen molar-refractivity contribution in [3.05, 3.63) is 41.6 Å². The zero-order valence-electron chi connectivity index (χ0n) is 11.7. The number of aromatic nitrogens is 1. The Balaban J connectivity index is 1.96.